The third-order valence-electron chi connectivity index (χ3n) is 6.00. The molecule has 12 heteroatoms. The topological polar surface area (TPSA) is 132 Å². The molecular formula is C26H32N2O7S3. The second-order valence-corrected chi connectivity index (χ2v) is 12.8. The summed E-state index contributed by atoms with van der Waals surface area (Å²) in [6, 6.07) is 11.2. The van der Waals surface area contributed by atoms with Crippen molar-refractivity contribution < 1.29 is 33.0 Å². The molecule has 1 fully saturated rings. The van der Waals surface area contributed by atoms with Gasteiger partial charge in [0.2, 0.25) is 21.0 Å². The number of aliphatic carboxylic acids is 1. The summed E-state index contributed by atoms with van der Waals surface area (Å²) in [4.78, 5) is 38.9. The summed E-state index contributed by atoms with van der Waals surface area (Å²) >= 11 is 2.18. The SMILES string of the molecule is CCCN(CCC)S(=O)(=O)c1ccc(C(=O)SCCC(=O)N2[C@@H](c3ccccc3O)SC[C@H]2C(=O)O)cc1. The van der Waals surface area contributed by atoms with Crippen molar-refractivity contribution in [1.82, 2.24) is 9.21 Å². The number of rotatable bonds is 12. The van der Waals surface area contributed by atoms with E-state index in [0.717, 1.165) is 11.8 Å². The first-order valence-corrected chi connectivity index (χ1v) is 15.8. The molecule has 3 rings (SSSR count). The number of hydrogen-bond acceptors (Lipinski definition) is 8. The summed E-state index contributed by atoms with van der Waals surface area (Å²) in [7, 11) is -3.65. The fourth-order valence-electron chi connectivity index (χ4n) is 4.14. The van der Waals surface area contributed by atoms with Gasteiger partial charge in [-0.3, -0.25) is 9.59 Å². The van der Waals surface area contributed by atoms with Crippen molar-refractivity contribution in [2.24, 2.45) is 0 Å². The molecule has 1 aliphatic rings. The van der Waals surface area contributed by atoms with Crippen LogP contribution in [0.4, 0.5) is 0 Å². The first-order chi connectivity index (χ1) is 18.1. The number of sulfonamides is 1. The second-order valence-electron chi connectivity index (χ2n) is 8.71. The van der Waals surface area contributed by atoms with Crippen LogP contribution in [0.3, 0.4) is 0 Å². The van der Waals surface area contributed by atoms with E-state index in [1.807, 2.05) is 13.8 Å². The molecule has 1 aliphatic heterocycles. The monoisotopic (exact) mass is 580 g/mol. The molecule has 0 bridgehead atoms. The van der Waals surface area contributed by atoms with Gasteiger partial charge in [-0.15, -0.1) is 11.8 Å². The molecule has 2 aromatic rings. The van der Waals surface area contributed by atoms with Crippen molar-refractivity contribution in [3.63, 3.8) is 0 Å². The molecule has 9 nitrogen and oxygen atoms in total. The number of amides is 1. The van der Waals surface area contributed by atoms with Gasteiger partial charge in [-0.1, -0.05) is 43.8 Å². The lowest BCUT2D eigenvalue weighted by Gasteiger charge is -2.28. The predicted octanol–water partition coefficient (Wildman–Crippen LogP) is 4.19. The summed E-state index contributed by atoms with van der Waals surface area (Å²) in [5.74, 6) is -1.26. The highest BCUT2D eigenvalue weighted by molar-refractivity contribution is 8.14. The Kier molecular flexibility index (Phi) is 10.7. The van der Waals surface area contributed by atoms with Crippen molar-refractivity contribution >= 4 is 50.5 Å². The molecule has 0 spiro atoms. The molecule has 0 aliphatic carbocycles. The number of phenols is 1. The number of thioether (sulfide) groups is 2. The van der Waals surface area contributed by atoms with Gasteiger partial charge < -0.3 is 15.1 Å². The Labute approximate surface area is 231 Å². The molecule has 206 valence electrons. The highest BCUT2D eigenvalue weighted by atomic mass is 32.2. The largest absolute Gasteiger partial charge is 0.508 e. The minimum absolute atomic E-state index is 0.0173. The fourth-order valence-corrected chi connectivity index (χ4v) is 8.00. The van der Waals surface area contributed by atoms with Crippen molar-refractivity contribution in [3.05, 3.63) is 59.7 Å². The number of benzene rings is 2. The molecule has 0 saturated carbocycles. The van der Waals surface area contributed by atoms with Crippen LogP contribution < -0.4 is 0 Å². The van der Waals surface area contributed by atoms with Crippen LogP contribution in [0.15, 0.2) is 53.4 Å². The highest BCUT2D eigenvalue weighted by Crippen LogP contribution is 2.44. The van der Waals surface area contributed by atoms with Crippen LogP contribution in [0.25, 0.3) is 0 Å². The lowest BCUT2D eigenvalue weighted by atomic mass is 10.1. The van der Waals surface area contributed by atoms with Crippen molar-refractivity contribution in [3.8, 4) is 5.75 Å². The zero-order valence-corrected chi connectivity index (χ0v) is 23.7. The number of phenolic OH excluding ortho intramolecular Hbond substituents is 1. The molecule has 0 aromatic heterocycles. The molecule has 1 heterocycles. The molecule has 2 N–H and O–H groups in total. The molecule has 1 saturated heterocycles. The fraction of sp³-hybridized carbons (Fsp3) is 0.423. The molecule has 2 atom stereocenters. The third-order valence-corrected chi connectivity index (χ3v) is 10.1. The zero-order chi connectivity index (χ0) is 27.9. The number of carbonyl (C=O) groups excluding carboxylic acids is 2. The van der Waals surface area contributed by atoms with Gasteiger partial charge in [0.1, 0.15) is 17.2 Å². The quantitative estimate of drug-likeness (QED) is 0.379. The number of nitrogens with zero attached hydrogens (tertiary/aromatic N) is 2. The first-order valence-electron chi connectivity index (χ1n) is 12.3. The van der Waals surface area contributed by atoms with Crippen LogP contribution >= 0.6 is 23.5 Å². The van der Waals surface area contributed by atoms with Crippen molar-refractivity contribution in [1.29, 1.82) is 0 Å². The van der Waals surface area contributed by atoms with Crippen molar-refractivity contribution in [2.75, 3.05) is 24.6 Å². The van der Waals surface area contributed by atoms with Crippen LogP contribution in [0.1, 0.15) is 54.4 Å². The Hall–Kier alpha value is -2.54. The number of carboxylic acid groups (broad SMARTS) is 1. The predicted molar refractivity (Wildman–Crippen MR) is 149 cm³/mol. The number of hydrogen-bond donors (Lipinski definition) is 2. The summed E-state index contributed by atoms with van der Waals surface area (Å²) in [6.45, 7) is 4.67. The maximum Gasteiger partial charge on any atom is 0.327 e. The Morgan fingerprint density at radius 1 is 1.05 bits per heavy atom. The van der Waals surface area contributed by atoms with Crippen LogP contribution in [-0.2, 0) is 19.6 Å². The lowest BCUT2D eigenvalue weighted by Crippen LogP contribution is -2.43. The smallest absolute Gasteiger partial charge is 0.327 e. The Bertz CT molecular complexity index is 1250. The molecule has 2 aromatic carbocycles. The van der Waals surface area contributed by atoms with E-state index in [1.165, 1.54) is 51.3 Å². The van der Waals surface area contributed by atoms with E-state index in [-0.39, 0.29) is 33.7 Å². The molecule has 0 radical (unpaired) electrons. The van der Waals surface area contributed by atoms with Crippen LogP contribution in [-0.4, -0.2) is 75.5 Å². The summed E-state index contributed by atoms with van der Waals surface area (Å²) < 4.78 is 27.3. The van der Waals surface area contributed by atoms with Gasteiger partial charge >= 0.3 is 5.97 Å². The lowest BCUT2D eigenvalue weighted by molar-refractivity contribution is -0.149. The van der Waals surface area contributed by atoms with Crippen LogP contribution in [0.2, 0.25) is 0 Å². The maximum absolute atomic E-state index is 13.1. The Balaban J connectivity index is 1.64. The van der Waals surface area contributed by atoms with Crippen LogP contribution in [0.5, 0.6) is 5.75 Å². The van der Waals surface area contributed by atoms with E-state index in [1.54, 1.807) is 18.2 Å². The number of para-hydroxylation sites is 1. The van der Waals surface area contributed by atoms with Gasteiger partial charge in [-0.25, -0.2) is 13.2 Å². The highest BCUT2D eigenvalue weighted by Gasteiger charge is 2.42. The third kappa shape index (κ3) is 6.90. The standard InChI is InChI=1S/C26H32N2O7S3/c1-3-14-27(15-4-2)38(34,35)19-11-9-18(10-12-19)26(33)36-16-13-23(30)28-21(25(31)32)17-37-24(28)20-7-5-6-8-22(20)29/h5-12,21,24,29H,3-4,13-17H2,1-2H3,(H,31,32)/t21-,24+/m0/s1. The van der Waals surface area contributed by atoms with Crippen molar-refractivity contribution in [2.45, 2.75) is 49.4 Å². The number of aromatic hydroxyl groups is 1. The van der Waals surface area contributed by atoms with E-state index in [2.05, 4.69) is 0 Å². The number of carbonyl (C=O) groups is 3. The first kappa shape index (κ1) is 30.0. The minimum atomic E-state index is -3.65. The van der Waals surface area contributed by atoms with Crippen LogP contribution in [0, 0.1) is 0 Å². The summed E-state index contributed by atoms with van der Waals surface area (Å²) in [5.41, 5.74) is 0.774. The van der Waals surface area contributed by atoms with Gasteiger partial charge in [0.25, 0.3) is 0 Å². The molecule has 0 unspecified atom stereocenters. The summed E-state index contributed by atoms with van der Waals surface area (Å²) in [6.07, 6.45) is 1.32. The summed E-state index contributed by atoms with van der Waals surface area (Å²) in [5, 5.41) is 18.9. The number of carboxylic acids is 1. The minimum Gasteiger partial charge on any atom is -0.508 e. The Morgan fingerprint density at radius 3 is 2.26 bits per heavy atom. The van der Waals surface area contributed by atoms with E-state index in [9.17, 15) is 33.0 Å². The average Bonchev–Trinajstić information content (AvgIpc) is 3.34. The maximum atomic E-state index is 13.1. The second kappa shape index (κ2) is 13.5. The van der Waals surface area contributed by atoms with E-state index < -0.39 is 33.3 Å². The zero-order valence-electron chi connectivity index (χ0n) is 21.3. The van der Waals surface area contributed by atoms with Gasteiger partial charge in [0.05, 0.1) is 4.90 Å². The average molecular weight is 581 g/mol. The van der Waals surface area contributed by atoms with Gasteiger partial charge in [-0.2, -0.15) is 4.31 Å². The van der Waals surface area contributed by atoms with E-state index in [4.69, 9.17) is 0 Å². The Morgan fingerprint density at radius 2 is 1.68 bits per heavy atom. The van der Waals surface area contributed by atoms with Gasteiger partial charge in [0.15, 0.2) is 0 Å². The van der Waals surface area contributed by atoms with Gasteiger partial charge in [0, 0.05) is 42.1 Å². The van der Waals surface area contributed by atoms with E-state index in [0.29, 0.717) is 37.1 Å². The molecule has 1 amide bonds. The molecular weight excluding hydrogens is 548 g/mol. The van der Waals surface area contributed by atoms with E-state index >= 15 is 0 Å². The normalized spacial score (nSPS) is 17.6. The van der Waals surface area contributed by atoms with Gasteiger partial charge in [-0.05, 0) is 43.2 Å². The molecule has 38 heavy (non-hydrogen) atoms.